The molecule has 7 heteroatoms. The molecule has 1 fully saturated rings. The average molecular weight is 368 g/mol. The van der Waals surface area contributed by atoms with Gasteiger partial charge < -0.3 is 25.2 Å². The second-order valence-corrected chi connectivity index (χ2v) is 7.02. The van der Waals surface area contributed by atoms with Gasteiger partial charge in [0.15, 0.2) is 0 Å². The van der Waals surface area contributed by atoms with Gasteiger partial charge in [-0.25, -0.2) is 0 Å². The van der Waals surface area contributed by atoms with E-state index in [-0.39, 0.29) is 11.3 Å². The summed E-state index contributed by atoms with van der Waals surface area (Å²) >= 11 is 0. The zero-order chi connectivity index (χ0) is 19.2. The van der Waals surface area contributed by atoms with E-state index in [9.17, 15) is 19.8 Å². The number of aliphatic carboxylic acids is 1. The zero-order valence-corrected chi connectivity index (χ0v) is 14.6. The highest BCUT2D eigenvalue weighted by molar-refractivity contribution is 5.97. The molecular weight excluding hydrogens is 348 g/mol. The van der Waals surface area contributed by atoms with E-state index in [1.54, 1.807) is 0 Å². The van der Waals surface area contributed by atoms with E-state index in [0.29, 0.717) is 18.5 Å². The monoisotopic (exact) mass is 368 g/mol. The fourth-order valence-electron chi connectivity index (χ4n) is 3.96. The van der Waals surface area contributed by atoms with Crippen molar-refractivity contribution in [3.05, 3.63) is 59.6 Å². The van der Waals surface area contributed by atoms with Gasteiger partial charge in [0, 0.05) is 6.20 Å². The molecule has 4 N–H and O–H groups in total. The van der Waals surface area contributed by atoms with Crippen molar-refractivity contribution in [2.24, 2.45) is 0 Å². The quantitative estimate of drug-likeness (QED) is 0.660. The molecule has 1 saturated carbocycles. The van der Waals surface area contributed by atoms with Crippen LogP contribution >= 0.6 is 0 Å². The number of hydrogen-bond donors (Lipinski definition) is 4. The fraction of sp³-hybridized carbons (Fsp3) is 0.300. The molecule has 1 aliphatic heterocycles. The van der Waals surface area contributed by atoms with E-state index in [1.165, 1.54) is 0 Å². The van der Waals surface area contributed by atoms with Crippen molar-refractivity contribution in [2.75, 3.05) is 6.54 Å². The number of hydrogen-bond acceptors (Lipinski definition) is 4. The minimum absolute atomic E-state index is 0.166. The first kappa shape index (κ1) is 17.4. The third kappa shape index (κ3) is 2.62. The third-order valence-electron chi connectivity index (χ3n) is 5.49. The van der Waals surface area contributed by atoms with Gasteiger partial charge in [-0.3, -0.25) is 9.59 Å². The largest absolute Gasteiger partial charge is 0.509 e. The molecule has 27 heavy (non-hydrogen) atoms. The fourth-order valence-corrected chi connectivity index (χ4v) is 3.96. The molecule has 0 bridgehead atoms. The first-order chi connectivity index (χ1) is 12.9. The molecule has 1 spiro atoms. The summed E-state index contributed by atoms with van der Waals surface area (Å²) in [4.78, 5) is 23.2. The van der Waals surface area contributed by atoms with Gasteiger partial charge in [0.25, 0.3) is 5.91 Å². The highest BCUT2D eigenvalue weighted by atomic mass is 16.4. The molecule has 2 aliphatic rings. The van der Waals surface area contributed by atoms with Crippen molar-refractivity contribution in [3.63, 3.8) is 0 Å². The van der Waals surface area contributed by atoms with E-state index in [1.807, 2.05) is 47.2 Å². The molecule has 1 aromatic heterocycles. The summed E-state index contributed by atoms with van der Waals surface area (Å²) in [6.45, 7) is -0.578. The number of rotatable bonds is 4. The Balaban J connectivity index is 1.78. The smallest absolute Gasteiger partial charge is 0.322 e. The summed E-state index contributed by atoms with van der Waals surface area (Å²) in [5.74, 6) is -2.13. The van der Waals surface area contributed by atoms with Gasteiger partial charge >= 0.3 is 5.97 Å². The molecule has 1 aromatic carbocycles. The van der Waals surface area contributed by atoms with Crippen LogP contribution in [0.1, 0.15) is 31.1 Å². The van der Waals surface area contributed by atoms with Crippen molar-refractivity contribution >= 4 is 11.9 Å². The molecule has 1 unspecified atom stereocenters. The number of aliphatic hydroxyl groups excluding tert-OH is 2. The summed E-state index contributed by atoms with van der Waals surface area (Å²) in [7, 11) is 0. The van der Waals surface area contributed by atoms with Gasteiger partial charge in [-0.05, 0) is 36.5 Å². The number of carboxylic acid groups (broad SMARTS) is 1. The molecule has 0 saturated heterocycles. The maximum Gasteiger partial charge on any atom is 0.322 e. The topological polar surface area (TPSA) is 112 Å². The second kappa shape index (κ2) is 6.28. The lowest BCUT2D eigenvalue weighted by molar-refractivity contribution is -0.137. The molecule has 1 aliphatic carbocycles. The Morgan fingerprint density at radius 2 is 1.89 bits per heavy atom. The molecule has 0 radical (unpaired) electrons. The highest BCUT2D eigenvalue weighted by Crippen LogP contribution is 2.52. The molecule has 7 nitrogen and oxygen atoms in total. The maximum atomic E-state index is 12.5. The van der Waals surface area contributed by atoms with Crippen LogP contribution in [0.3, 0.4) is 0 Å². The first-order valence-electron chi connectivity index (χ1n) is 8.84. The number of amides is 1. The molecule has 1 atom stereocenters. The van der Waals surface area contributed by atoms with Gasteiger partial charge in [0.1, 0.15) is 23.9 Å². The van der Waals surface area contributed by atoms with Crippen LogP contribution in [0.4, 0.5) is 0 Å². The third-order valence-corrected chi connectivity index (χ3v) is 5.49. The van der Waals surface area contributed by atoms with E-state index in [4.69, 9.17) is 5.11 Å². The Bertz CT molecular complexity index is 941. The van der Waals surface area contributed by atoms with Crippen molar-refractivity contribution in [1.29, 1.82) is 0 Å². The van der Waals surface area contributed by atoms with Crippen LogP contribution in [0.5, 0.6) is 0 Å². The number of nitrogens with zero attached hydrogens (tertiary/aromatic N) is 1. The summed E-state index contributed by atoms with van der Waals surface area (Å²) in [6, 6.07) is 11.5. The van der Waals surface area contributed by atoms with Crippen molar-refractivity contribution < 1.29 is 24.9 Å². The number of nitrogens with one attached hydrogen (secondary N) is 1. The predicted octanol–water partition coefficient (Wildman–Crippen LogP) is 2.09. The second-order valence-electron chi connectivity index (χ2n) is 7.02. The van der Waals surface area contributed by atoms with Crippen molar-refractivity contribution in [1.82, 2.24) is 9.88 Å². The van der Waals surface area contributed by atoms with E-state index in [0.717, 1.165) is 17.5 Å². The number of carbonyl (C=O) groups excluding carboxylic acids is 1. The number of carboxylic acids is 1. The molecule has 140 valence electrons. The lowest BCUT2D eigenvalue weighted by atomic mass is 9.71. The SMILES string of the molecule is O=C(O)CNC(=O)C1=C(O)C2(CCC2)n2cc(-c3ccccc3)cc2C1O. The first-order valence-corrected chi connectivity index (χ1v) is 8.84. The number of carbonyl (C=O) groups is 2. The highest BCUT2D eigenvalue weighted by Gasteiger charge is 2.51. The van der Waals surface area contributed by atoms with Gasteiger partial charge in [0.2, 0.25) is 0 Å². The summed E-state index contributed by atoms with van der Waals surface area (Å²) in [5, 5.41) is 32.7. The van der Waals surface area contributed by atoms with Crippen LogP contribution in [0, 0.1) is 0 Å². The Kier molecular flexibility index (Phi) is 4.04. The van der Waals surface area contributed by atoms with Gasteiger partial charge in [-0.15, -0.1) is 0 Å². The maximum absolute atomic E-state index is 12.5. The molecule has 2 aromatic rings. The normalized spacial score (nSPS) is 20.1. The Morgan fingerprint density at radius 1 is 1.19 bits per heavy atom. The van der Waals surface area contributed by atoms with Crippen LogP contribution < -0.4 is 5.32 Å². The zero-order valence-electron chi connectivity index (χ0n) is 14.6. The van der Waals surface area contributed by atoms with Gasteiger partial charge in [0.05, 0.1) is 11.3 Å². The van der Waals surface area contributed by atoms with Crippen LogP contribution in [0.25, 0.3) is 11.1 Å². The predicted molar refractivity (Wildman–Crippen MR) is 97.0 cm³/mol. The summed E-state index contributed by atoms with van der Waals surface area (Å²) < 4.78 is 1.87. The van der Waals surface area contributed by atoms with Crippen LogP contribution in [-0.4, -0.2) is 38.3 Å². The van der Waals surface area contributed by atoms with Crippen LogP contribution in [0.15, 0.2) is 53.9 Å². The van der Waals surface area contributed by atoms with Gasteiger partial charge in [-0.1, -0.05) is 30.3 Å². The van der Waals surface area contributed by atoms with Crippen LogP contribution in [0.2, 0.25) is 0 Å². The lowest BCUT2D eigenvalue weighted by Gasteiger charge is -2.47. The Hall–Kier alpha value is -3.06. The van der Waals surface area contributed by atoms with Crippen molar-refractivity contribution in [3.8, 4) is 11.1 Å². The molecule has 4 rings (SSSR count). The number of benzene rings is 1. The molecule has 1 amide bonds. The standard InChI is InChI=1S/C20H20N2O5/c23-15(24)10-21-19(27)16-17(25)14-9-13(12-5-2-1-3-6-12)11-22(14)20(18(16)26)7-4-8-20/h1-3,5-6,9,11,17,25-26H,4,7-8,10H2,(H,21,27)(H,23,24). The number of fused-ring (bicyclic) bond motifs is 2. The van der Waals surface area contributed by atoms with E-state index in [2.05, 4.69) is 5.32 Å². The number of aliphatic hydroxyl groups is 2. The minimum atomic E-state index is -1.33. The average Bonchev–Trinajstić information content (AvgIpc) is 3.05. The summed E-state index contributed by atoms with van der Waals surface area (Å²) in [6.07, 6.45) is 2.76. The molecular formula is C20H20N2O5. The summed E-state index contributed by atoms with van der Waals surface area (Å²) in [5.41, 5.74) is 1.46. The number of aromatic nitrogens is 1. The number of allylic oxidation sites excluding steroid dienone is 1. The van der Waals surface area contributed by atoms with Crippen LogP contribution in [-0.2, 0) is 15.1 Å². The van der Waals surface area contributed by atoms with E-state index < -0.39 is 30.1 Å². The van der Waals surface area contributed by atoms with Gasteiger partial charge in [-0.2, -0.15) is 0 Å². The lowest BCUT2D eigenvalue weighted by Crippen LogP contribution is -2.48. The van der Waals surface area contributed by atoms with E-state index >= 15 is 0 Å². The Morgan fingerprint density at radius 3 is 2.48 bits per heavy atom. The molecule has 2 heterocycles. The Labute approximate surface area is 155 Å². The minimum Gasteiger partial charge on any atom is -0.509 e. The van der Waals surface area contributed by atoms with Crippen molar-refractivity contribution in [2.45, 2.75) is 30.9 Å².